The average Bonchev–Trinajstić information content (AvgIpc) is 2.85. The van der Waals surface area contributed by atoms with Crippen molar-refractivity contribution >= 4 is 33.7 Å². The van der Waals surface area contributed by atoms with Crippen molar-refractivity contribution in [3.05, 3.63) is 95.6 Å². The molecule has 0 fully saturated rings. The van der Waals surface area contributed by atoms with Crippen LogP contribution in [0.15, 0.2) is 83.8 Å². The van der Waals surface area contributed by atoms with Crippen molar-refractivity contribution in [2.75, 3.05) is 5.75 Å². The SMILES string of the molecule is Cc1ccc(S(=O)(=O)N[C@H](CSCc2ccccc2)C(=O)N[C@@H](Cc2ccc(O)cc2)C(=O)O)cc1. The maximum Gasteiger partial charge on any atom is 0.326 e. The molecule has 0 aliphatic rings. The van der Waals surface area contributed by atoms with Gasteiger partial charge in [-0.15, -0.1) is 0 Å². The number of carboxylic acids is 1. The van der Waals surface area contributed by atoms with Crippen molar-refractivity contribution in [2.45, 2.75) is 36.1 Å². The van der Waals surface area contributed by atoms with E-state index in [2.05, 4.69) is 10.0 Å². The maximum atomic E-state index is 13.2. The zero-order valence-corrected chi connectivity index (χ0v) is 21.3. The second kappa shape index (κ2) is 12.6. The maximum absolute atomic E-state index is 13.2. The van der Waals surface area contributed by atoms with Crippen LogP contribution in [0.2, 0.25) is 0 Å². The predicted octanol–water partition coefficient (Wildman–Crippen LogP) is 3.09. The Morgan fingerprint density at radius 3 is 2.14 bits per heavy atom. The highest BCUT2D eigenvalue weighted by molar-refractivity contribution is 7.98. The number of thioether (sulfide) groups is 1. The van der Waals surface area contributed by atoms with E-state index in [1.54, 1.807) is 24.3 Å². The fraction of sp³-hybridized carbons (Fsp3) is 0.231. The molecule has 4 N–H and O–H groups in total. The number of hydrogen-bond acceptors (Lipinski definition) is 6. The Kier molecular flexibility index (Phi) is 9.51. The van der Waals surface area contributed by atoms with E-state index < -0.39 is 34.0 Å². The second-order valence-corrected chi connectivity index (χ2v) is 11.0. The van der Waals surface area contributed by atoms with Crippen LogP contribution in [0.4, 0.5) is 0 Å². The van der Waals surface area contributed by atoms with Crippen LogP contribution in [0.25, 0.3) is 0 Å². The first-order valence-electron chi connectivity index (χ1n) is 11.2. The Morgan fingerprint density at radius 2 is 1.53 bits per heavy atom. The molecule has 3 rings (SSSR count). The molecular weight excluding hydrogens is 500 g/mol. The number of nitrogens with one attached hydrogen (secondary N) is 2. The van der Waals surface area contributed by atoms with Gasteiger partial charge in [-0.3, -0.25) is 4.79 Å². The number of hydrogen-bond donors (Lipinski definition) is 4. The van der Waals surface area contributed by atoms with E-state index in [1.165, 1.54) is 36.0 Å². The van der Waals surface area contributed by atoms with E-state index in [1.807, 2.05) is 37.3 Å². The third-order valence-electron chi connectivity index (χ3n) is 5.33. The Morgan fingerprint density at radius 1 is 0.889 bits per heavy atom. The lowest BCUT2D eigenvalue weighted by Gasteiger charge is -2.21. The molecule has 8 nitrogen and oxygen atoms in total. The largest absolute Gasteiger partial charge is 0.508 e. The molecule has 3 aromatic rings. The average molecular weight is 529 g/mol. The topological polar surface area (TPSA) is 133 Å². The summed E-state index contributed by atoms with van der Waals surface area (Å²) in [6.45, 7) is 1.83. The molecule has 36 heavy (non-hydrogen) atoms. The molecule has 0 unspecified atom stereocenters. The molecular formula is C26H28N2O6S2. The van der Waals surface area contributed by atoms with Gasteiger partial charge in [0.1, 0.15) is 17.8 Å². The van der Waals surface area contributed by atoms with Crippen LogP contribution in [-0.4, -0.2) is 48.3 Å². The van der Waals surface area contributed by atoms with E-state index in [-0.39, 0.29) is 22.8 Å². The second-order valence-electron chi connectivity index (χ2n) is 8.26. The van der Waals surface area contributed by atoms with Gasteiger partial charge >= 0.3 is 5.97 Å². The number of amides is 1. The van der Waals surface area contributed by atoms with E-state index in [4.69, 9.17) is 0 Å². The first-order chi connectivity index (χ1) is 17.1. The van der Waals surface area contributed by atoms with Crippen molar-refractivity contribution in [2.24, 2.45) is 0 Å². The van der Waals surface area contributed by atoms with Gasteiger partial charge in [-0.1, -0.05) is 60.2 Å². The number of sulfonamides is 1. The Hall–Kier alpha value is -3.34. The third-order valence-corrected chi connectivity index (χ3v) is 7.93. The first kappa shape index (κ1) is 27.3. The minimum atomic E-state index is -4.04. The fourth-order valence-corrected chi connectivity index (χ4v) is 5.66. The quantitative estimate of drug-likeness (QED) is 0.284. The van der Waals surface area contributed by atoms with Crippen molar-refractivity contribution in [3.8, 4) is 5.75 Å². The summed E-state index contributed by atoms with van der Waals surface area (Å²) in [5.74, 6) is -1.31. The molecule has 190 valence electrons. The van der Waals surface area contributed by atoms with E-state index in [0.717, 1.165) is 11.1 Å². The number of carbonyl (C=O) groups is 2. The summed E-state index contributed by atoms with van der Waals surface area (Å²) in [6, 6.07) is 19.2. The molecule has 2 atom stereocenters. The number of carbonyl (C=O) groups excluding carboxylic acids is 1. The summed E-state index contributed by atoms with van der Waals surface area (Å²) in [6.07, 6.45) is -0.0318. The van der Waals surface area contributed by atoms with Crippen LogP contribution in [-0.2, 0) is 31.8 Å². The van der Waals surface area contributed by atoms with Crippen LogP contribution < -0.4 is 10.0 Å². The molecule has 0 saturated carbocycles. The lowest BCUT2D eigenvalue weighted by atomic mass is 10.1. The fourth-order valence-electron chi connectivity index (χ4n) is 3.34. The predicted molar refractivity (Wildman–Crippen MR) is 139 cm³/mol. The number of carboxylic acid groups (broad SMARTS) is 1. The minimum absolute atomic E-state index is 0.0119. The molecule has 10 heteroatoms. The molecule has 0 heterocycles. The van der Waals surface area contributed by atoms with Gasteiger partial charge in [-0.05, 0) is 42.3 Å². The lowest BCUT2D eigenvalue weighted by molar-refractivity contribution is -0.141. The van der Waals surface area contributed by atoms with E-state index >= 15 is 0 Å². The highest BCUT2D eigenvalue weighted by atomic mass is 32.2. The Labute approximate surface area is 214 Å². The summed E-state index contributed by atoms with van der Waals surface area (Å²) in [5, 5.41) is 21.6. The zero-order chi connectivity index (χ0) is 26.1. The molecule has 0 bridgehead atoms. The highest BCUT2D eigenvalue weighted by Gasteiger charge is 2.29. The van der Waals surface area contributed by atoms with Crippen molar-refractivity contribution in [1.82, 2.24) is 10.0 Å². The molecule has 0 aliphatic heterocycles. The van der Waals surface area contributed by atoms with E-state index in [9.17, 15) is 28.2 Å². The number of aryl methyl sites for hydroxylation is 1. The molecule has 0 radical (unpaired) electrons. The number of phenols is 1. The number of aromatic hydroxyl groups is 1. The molecule has 1 amide bonds. The van der Waals surface area contributed by atoms with Gasteiger partial charge in [0.05, 0.1) is 4.90 Å². The summed E-state index contributed by atoms with van der Waals surface area (Å²) in [4.78, 5) is 25.0. The number of benzene rings is 3. The standard InChI is InChI=1S/C26H28N2O6S2/c1-18-7-13-22(14-8-18)36(33,34)28-24(17-35-16-20-5-3-2-4-6-20)25(30)27-23(26(31)32)15-19-9-11-21(29)12-10-19/h2-14,23-24,28-29H,15-17H2,1H3,(H,27,30)(H,31,32)/t23-,24+/m0/s1. The summed E-state index contributed by atoms with van der Waals surface area (Å²) in [7, 11) is -4.04. The van der Waals surface area contributed by atoms with Gasteiger partial charge in [-0.2, -0.15) is 16.5 Å². The summed E-state index contributed by atoms with van der Waals surface area (Å²) in [5.41, 5.74) is 2.50. The minimum Gasteiger partial charge on any atom is -0.508 e. The van der Waals surface area contributed by atoms with Gasteiger partial charge in [0, 0.05) is 17.9 Å². The smallest absolute Gasteiger partial charge is 0.326 e. The number of aliphatic carboxylic acids is 1. The lowest BCUT2D eigenvalue weighted by Crippen LogP contribution is -2.53. The van der Waals surface area contributed by atoms with Gasteiger partial charge in [0.2, 0.25) is 15.9 Å². The van der Waals surface area contributed by atoms with E-state index in [0.29, 0.717) is 11.3 Å². The van der Waals surface area contributed by atoms with Crippen LogP contribution in [0.3, 0.4) is 0 Å². The zero-order valence-electron chi connectivity index (χ0n) is 19.6. The Balaban J connectivity index is 1.76. The van der Waals surface area contributed by atoms with Crippen molar-refractivity contribution in [3.63, 3.8) is 0 Å². The molecule has 0 spiro atoms. The number of phenolic OH excluding ortho intramolecular Hbond substituents is 1. The monoisotopic (exact) mass is 528 g/mol. The Bertz CT molecular complexity index is 1260. The third kappa shape index (κ3) is 8.11. The van der Waals surface area contributed by atoms with Crippen LogP contribution in [0.5, 0.6) is 5.75 Å². The molecule has 0 aliphatic carbocycles. The number of rotatable bonds is 12. The van der Waals surface area contributed by atoms with Crippen LogP contribution in [0, 0.1) is 6.92 Å². The van der Waals surface area contributed by atoms with Gasteiger partial charge in [0.25, 0.3) is 0 Å². The molecule has 0 saturated heterocycles. The van der Waals surface area contributed by atoms with Gasteiger partial charge < -0.3 is 15.5 Å². The first-order valence-corrected chi connectivity index (χ1v) is 13.8. The normalized spacial score (nSPS) is 13.0. The molecule has 3 aromatic carbocycles. The highest BCUT2D eigenvalue weighted by Crippen LogP contribution is 2.17. The van der Waals surface area contributed by atoms with Gasteiger partial charge in [0.15, 0.2) is 0 Å². The van der Waals surface area contributed by atoms with Crippen LogP contribution >= 0.6 is 11.8 Å². The van der Waals surface area contributed by atoms with Crippen LogP contribution in [0.1, 0.15) is 16.7 Å². The molecule has 0 aromatic heterocycles. The summed E-state index contributed by atoms with van der Waals surface area (Å²) < 4.78 is 28.4. The van der Waals surface area contributed by atoms with Gasteiger partial charge in [-0.25, -0.2) is 13.2 Å². The summed E-state index contributed by atoms with van der Waals surface area (Å²) >= 11 is 1.36. The van der Waals surface area contributed by atoms with Crippen molar-refractivity contribution in [1.29, 1.82) is 0 Å². The van der Waals surface area contributed by atoms with Crippen molar-refractivity contribution < 1.29 is 28.2 Å².